The number of carbonyl (C=O) groups excluding carboxylic acids is 1. The summed E-state index contributed by atoms with van der Waals surface area (Å²) >= 11 is 0. The van der Waals surface area contributed by atoms with E-state index in [-0.39, 0.29) is 11.7 Å². The van der Waals surface area contributed by atoms with Crippen LogP contribution in [-0.2, 0) is 9.53 Å². The van der Waals surface area contributed by atoms with Gasteiger partial charge in [-0.15, -0.1) is 0 Å². The number of ether oxygens (including phenoxy) is 1. The zero-order valence-corrected chi connectivity index (χ0v) is 11.7. The molecule has 1 aliphatic heterocycles. The molecule has 1 unspecified atom stereocenters. The van der Waals surface area contributed by atoms with Crippen molar-refractivity contribution in [1.82, 2.24) is 10.2 Å². The van der Waals surface area contributed by atoms with Crippen LogP contribution >= 0.6 is 0 Å². The molecule has 0 saturated carbocycles. The summed E-state index contributed by atoms with van der Waals surface area (Å²) in [5.41, 5.74) is 4.98. The molecular formula is C12H27N3O3. The molecule has 1 aliphatic rings. The van der Waals surface area contributed by atoms with Crippen molar-refractivity contribution in [2.45, 2.75) is 32.5 Å². The Balaban J connectivity index is 0.000000360. The number of nitrogens with one attached hydrogen (secondary N) is 1. The van der Waals surface area contributed by atoms with Crippen LogP contribution in [0.4, 0.5) is 0 Å². The Labute approximate surface area is 109 Å². The Morgan fingerprint density at radius 1 is 1.44 bits per heavy atom. The highest BCUT2D eigenvalue weighted by Gasteiger charge is 2.12. The van der Waals surface area contributed by atoms with Gasteiger partial charge < -0.3 is 20.9 Å². The van der Waals surface area contributed by atoms with Crippen molar-refractivity contribution in [3.8, 4) is 0 Å². The van der Waals surface area contributed by atoms with Crippen LogP contribution in [-0.4, -0.2) is 67.5 Å². The Morgan fingerprint density at radius 3 is 2.33 bits per heavy atom. The summed E-state index contributed by atoms with van der Waals surface area (Å²) in [7, 11) is 0. The van der Waals surface area contributed by atoms with Crippen LogP contribution in [0, 0.1) is 0 Å². The number of aliphatic hydroxyl groups excluding tert-OH is 1. The molecular weight excluding hydrogens is 234 g/mol. The van der Waals surface area contributed by atoms with Gasteiger partial charge in [0.05, 0.1) is 6.10 Å². The van der Waals surface area contributed by atoms with Crippen molar-refractivity contribution in [3.05, 3.63) is 0 Å². The van der Waals surface area contributed by atoms with Crippen LogP contribution in [0.15, 0.2) is 0 Å². The van der Waals surface area contributed by atoms with E-state index in [0.29, 0.717) is 13.0 Å². The van der Waals surface area contributed by atoms with Crippen molar-refractivity contribution in [3.63, 3.8) is 0 Å². The van der Waals surface area contributed by atoms with E-state index in [0.717, 1.165) is 32.7 Å². The fraction of sp³-hybridized carbons (Fsp3) is 0.917. The first-order valence-corrected chi connectivity index (χ1v) is 6.31. The lowest BCUT2D eigenvalue weighted by atomic mass is 10.2. The first-order chi connectivity index (χ1) is 8.39. The number of nitrogens with two attached hydrogens (primary N) is 1. The largest absolute Gasteiger partial charge is 0.462 e. The highest BCUT2D eigenvalue weighted by atomic mass is 16.5. The van der Waals surface area contributed by atoms with Crippen molar-refractivity contribution >= 4 is 6.47 Å². The summed E-state index contributed by atoms with van der Waals surface area (Å²) in [6, 6.07) is 0. The molecule has 1 heterocycles. The molecule has 0 spiro atoms. The van der Waals surface area contributed by atoms with E-state index in [1.807, 2.05) is 20.8 Å². The van der Waals surface area contributed by atoms with Gasteiger partial charge in [0.2, 0.25) is 0 Å². The topological polar surface area (TPSA) is 87.8 Å². The average molecular weight is 261 g/mol. The summed E-state index contributed by atoms with van der Waals surface area (Å²) in [4.78, 5) is 11.8. The van der Waals surface area contributed by atoms with E-state index in [9.17, 15) is 9.90 Å². The van der Waals surface area contributed by atoms with E-state index >= 15 is 0 Å². The smallest absolute Gasteiger partial charge is 0.293 e. The number of hydrogen-bond acceptors (Lipinski definition) is 6. The Kier molecular flexibility index (Phi) is 8.91. The van der Waals surface area contributed by atoms with Gasteiger partial charge >= 0.3 is 0 Å². The standard InChI is InChI=1S/C7H17N3O.C5H10O2/c8-5-7(11)6-10-3-1-9-2-4-10;1-5(2,3)7-4-6/h7,9,11H,1-6,8H2;4H,1-3H3. The minimum Gasteiger partial charge on any atom is -0.462 e. The second kappa shape index (κ2) is 9.27. The van der Waals surface area contributed by atoms with Gasteiger partial charge in [0.25, 0.3) is 6.47 Å². The minimum absolute atomic E-state index is 0.318. The third-order valence-corrected chi connectivity index (χ3v) is 2.35. The molecule has 1 saturated heterocycles. The number of hydrogen-bond donors (Lipinski definition) is 3. The normalized spacial score (nSPS) is 18.5. The van der Waals surface area contributed by atoms with Gasteiger partial charge in [-0.3, -0.25) is 9.69 Å². The van der Waals surface area contributed by atoms with Gasteiger partial charge in [0.1, 0.15) is 5.60 Å². The lowest BCUT2D eigenvalue weighted by Crippen LogP contribution is -2.47. The van der Waals surface area contributed by atoms with Gasteiger partial charge in [0.15, 0.2) is 0 Å². The maximum absolute atomic E-state index is 9.60. The second-order valence-corrected chi connectivity index (χ2v) is 5.27. The molecule has 0 aliphatic carbocycles. The van der Waals surface area contributed by atoms with Crippen molar-refractivity contribution in [1.29, 1.82) is 0 Å². The van der Waals surface area contributed by atoms with Gasteiger partial charge in [-0.25, -0.2) is 0 Å². The van der Waals surface area contributed by atoms with Crippen LogP contribution in [0.25, 0.3) is 0 Å². The molecule has 0 radical (unpaired) electrons. The predicted octanol–water partition coefficient (Wildman–Crippen LogP) is -0.831. The van der Waals surface area contributed by atoms with Crippen LogP contribution in [0.2, 0.25) is 0 Å². The zero-order chi connectivity index (χ0) is 14.0. The van der Waals surface area contributed by atoms with Gasteiger partial charge in [-0.1, -0.05) is 0 Å². The number of aliphatic hydroxyl groups is 1. The molecule has 108 valence electrons. The number of carbonyl (C=O) groups is 1. The molecule has 1 fully saturated rings. The van der Waals surface area contributed by atoms with Crippen molar-refractivity contribution in [2.75, 3.05) is 39.3 Å². The molecule has 0 aromatic carbocycles. The lowest BCUT2D eigenvalue weighted by molar-refractivity contribution is -0.138. The van der Waals surface area contributed by atoms with Crippen LogP contribution in [0.1, 0.15) is 20.8 Å². The zero-order valence-electron chi connectivity index (χ0n) is 11.7. The Hall–Kier alpha value is -0.690. The van der Waals surface area contributed by atoms with E-state index < -0.39 is 0 Å². The molecule has 18 heavy (non-hydrogen) atoms. The lowest BCUT2D eigenvalue weighted by Gasteiger charge is -2.28. The molecule has 0 aromatic rings. The summed E-state index contributed by atoms with van der Waals surface area (Å²) in [6.45, 7) is 11.1. The van der Waals surface area contributed by atoms with Gasteiger partial charge in [-0.05, 0) is 20.8 Å². The van der Waals surface area contributed by atoms with E-state index in [1.165, 1.54) is 0 Å². The number of rotatable bonds is 4. The SMILES string of the molecule is CC(C)(C)OC=O.NCC(O)CN1CCNCC1. The highest BCUT2D eigenvalue weighted by molar-refractivity contribution is 5.37. The van der Waals surface area contributed by atoms with Crippen LogP contribution < -0.4 is 11.1 Å². The Bertz CT molecular complexity index is 213. The fourth-order valence-electron chi connectivity index (χ4n) is 1.41. The third-order valence-electron chi connectivity index (χ3n) is 2.35. The summed E-state index contributed by atoms with van der Waals surface area (Å²) in [5.74, 6) is 0. The summed E-state index contributed by atoms with van der Waals surface area (Å²) in [6.07, 6.45) is -0.354. The average Bonchev–Trinajstić information content (AvgIpc) is 2.29. The molecule has 0 bridgehead atoms. The second-order valence-electron chi connectivity index (χ2n) is 5.27. The van der Waals surface area contributed by atoms with Crippen molar-refractivity contribution in [2.24, 2.45) is 5.73 Å². The monoisotopic (exact) mass is 261 g/mol. The quantitative estimate of drug-likeness (QED) is 0.573. The number of β-amino-alcohol motifs (C(OH)–C–C–N with tert-alkyl or cyclic N) is 1. The number of piperazine rings is 1. The third kappa shape index (κ3) is 10.5. The molecule has 6 heteroatoms. The molecule has 0 aromatic heterocycles. The molecule has 0 amide bonds. The maximum Gasteiger partial charge on any atom is 0.293 e. The van der Waals surface area contributed by atoms with E-state index in [4.69, 9.17) is 5.73 Å². The summed E-state index contributed by atoms with van der Waals surface area (Å²) < 4.78 is 4.55. The molecule has 4 N–H and O–H groups in total. The van der Waals surface area contributed by atoms with Crippen LogP contribution in [0.3, 0.4) is 0 Å². The fourth-order valence-corrected chi connectivity index (χ4v) is 1.41. The van der Waals surface area contributed by atoms with E-state index in [1.54, 1.807) is 0 Å². The molecule has 6 nitrogen and oxygen atoms in total. The Morgan fingerprint density at radius 2 is 2.00 bits per heavy atom. The summed E-state index contributed by atoms with van der Waals surface area (Å²) in [5, 5.41) is 12.5. The molecule has 1 rings (SSSR count). The highest BCUT2D eigenvalue weighted by Crippen LogP contribution is 2.02. The first-order valence-electron chi connectivity index (χ1n) is 6.31. The van der Waals surface area contributed by atoms with E-state index in [2.05, 4.69) is 15.0 Å². The maximum atomic E-state index is 9.60. The molecule has 1 atom stereocenters. The van der Waals surface area contributed by atoms with Crippen LogP contribution in [0.5, 0.6) is 0 Å². The van der Waals surface area contributed by atoms with Gasteiger partial charge in [0, 0.05) is 39.3 Å². The predicted molar refractivity (Wildman–Crippen MR) is 71.3 cm³/mol. The first kappa shape index (κ1) is 17.3. The van der Waals surface area contributed by atoms with Crippen molar-refractivity contribution < 1.29 is 14.6 Å². The number of nitrogens with zero attached hydrogens (tertiary/aromatic N) is 1. The minimum atomic E-state index is -0.354. The van der Waals surface area contributed by atoms with Gasteiger partial charge in [-0.2, -0.15) is 0 Å².